The molecule has 152 valence electrons. The standard InChI is InChI=1S/C21H23N3O5/c1-21(12-14-6-4-5-7-17(14)29-3)19(26)24(20(27)23-21)13-18(25)22-15-8-10-16(28-2)11-9-15/h4-11H,12-13H2,1-3H3,(H,22,25)(H,23,27)/t21-/m1/s1. The van der Waals surface area contributed by atoms with Gasteiger partial charge >= 0.3 is 6.03 Å². The number of rotatable bonds is 7. The predicted molar refractivity (Wildman–Crippen MR) is 107 cm³/mol. The highest BCUT2D eigenvalue weighted by Crippen LogP contribution is 2.27. The van der Waals surface area contributed by atoms with Gasteiger partial charge < -0.3 is 20.1 Å². The Labute approximate surface area is 168 Å². The van der Waals surface area contributed by atoms with Crippen LogP contribution in [-0.2, 0) is 16.0 Å². The maximum atomic E-state index is 12.9. The molecule has 0 aliphatic carbocycles. The molecule has 1 atom stereocenters. The van der Waals surface area contributed by atoms with Gasteiger partial charge in [-0.15, -0.1) is 0 Å². The number of anilines is 1. The van der Waals surface area contributed by atoms with Gasteiger partial charge in [0.2, 0.25) is 5.91 Å². The normalized spacial score (nSPS) is 18.4. The molecule has 1 fully saturated rings. The number of benzene rings is 2. The van der Waals surface area contributed by atoms with Crippen molar-refractivity contribution < 1.29 is 23.9 Å². The van der Waals surface area contributed by atoms with E-state index >= 15 is 0 Å². The Bertz CT molecular complexity index is 928. The highest BCUT2D eigenvalue weighted by atomic mass is 16.5. The zero-order chi connectivity index (χ0) is 21.0. The van der Waals surface area contributed by atoms with E-state index in [0.717, 1.165) is 10.5 Å². The van der Waals surface area contributed by atoms with Crippen LogP contribution in [0, 0.1) is 0 Å². The summed E-state index contributed by atoms with van der Waals surface area (Å²) >= 11 is 0. The molecular formula is C21H23N3O5. The lowest BCUT2D eigenvalue weighted by Crippen LogP contribution is -2.46. The predicted octanol–water partition coefficient (Wildman–Crippen LogP) is 2.20. The zero-order valence-electron chi connectivity index (χ0n) is 16.5. The molecule has 4 amide bonds. The van der Waals surface area contributed by atoms with Crippen molar-refractivity contribution in [2.75, 3.05) is 26.1 Å². The number of imide groups is 1. The first kappa shape index (κ1) is 20.2. The second kappa shape index (κ2) is 8.22. The largest absolute Gasteiger partial charge is 0.497 e. The molecule has 0 aromatic heterocycles. The van der Waals surface area contributed by atoms with Crippen LogP contribution in [0.3, 0.4) is 0 Å². The van der Waals surface area contributed by atoms with E-state index in [1.165, 1.54) is 0 Å². The first-order chi connectivity index (χ1) is 13.9. The van der Waals surface area contributed by atoms with Crippen LogP contribution in [-0.4, -0.2) is 49.0 Å². The fourth-order valence-electron chi connectivity index (χ4n) is 3.26. The molecule has 8 heteroatoms. The zero-order valence-corrected chi connectivity index (χ0v) is 16.5. The first-order valence-corrected chi connectivity index (χ1v) is 9.06. The van der Waals surface area contributed by atoms with Crippen LogP contribution in [0.5, 0.6) is 11.5 Å². The van der Waals surface area contributed by atoms with Crippen LogP contribution in [0.4, 0.5) is 10.5 Å². The second-order valence-corrected chi connectivity index (χ2v) is 6.92. The van der Waals surface area contributed by atoms with Gasteiger partial charge in [-0.05, 0) is 42.8 Å². The van der Waals surface area contributed by atoms with Crippen LogP contribution in [0.1, 0.15) is 12.5 Å². The van der Waals surface area contributed by atoms with Crippen molar-refractivity contribution in [3.8, 4) is 11.5 Å². The third kappa shape index (κ3) is 4.31. The SMILES string of the molecule is COc1ccc(NC(=O)CN2C(=O)N[C@](C)(Cc3ccccc3OC)C2=O)cc1. The first-order valence-electron chi connectivity index (χ1n) is 9.06. The third-order valence-corrected chi connectivity index (χ3v) is 4.76. The molecule has 0 bridgehead atoms. The minimum absolute atomic E-state index is 0.248. The minimum atomic E-state index is -1.16. The average molecular weight is 397 g/mol. The Morgan fingerprint density at radius 1 is 1.07 bits per heavy atom. The van der Waals surface area contributed by atoms with E-state index < -0.39 is 23.4 Å². The van der Waals surface area contributed by atoms with Gasteiger partial charge in [0.15, 0.2) is 0 Å². The van der Waals surface area contributed by atoms with Gasteiger partial charge in [0.1, 0.15) is 23.6 Å². The highest BCUT2D eigenvalue weighted by Gasteiger charge is 2.48. The lowest BCUT2D eigenvalue weighted by atomic mass is 9.92. The van der Waals surface area contributed by atoms with E-state index in [2.05, 4.69) is 10.6 Å². The number of hydrogen-bond acceptors (Lipinski definition) is 5. The molecule has 2 N–H and O–H groups in total. The van der Waals surface area contributed by atoms with Gasteiger partial charge in [0.05, 0.1) is 14.2 Å². The highest BCUT2D eigenvalue weighted by molar-refractivity contribution is 6.10. The molecule has 1 aliphatic rings. The number of nitrogens with zero attached hydrogens (tertiary/aromatic N) is 1. The van der Waals surface area contributed by atoms with Crippen molar-refractivity contribution >= 4 is 23.5 Å². The van der Waals surface area contributed by atoms with E-state index in [9.17, 15) is 14.4 Å². The van der Waals surface area contributed by atoms with Gasteiger partial charge in [-0.25, -0.2) is 4.79 Å². The van der Waals surface area contributed by atoms with E-state index in [4.69, 9.17) is 9.47 Å². The molecule has 29 heavy (non-hydrogen) atoms. The van der Waals surface area contributed by atoms with Gasteiger partial charge in [-0.2, -0.15) is 0 Å². The number of amides is 4. The summed E-state index contributed by atoms with van der Waals surface area (Å²) in [6, 6.07) is 13.4. The van der Waals surface area contributed by atoms with Crippen molar-refractivity contribution in [3.05, 3.63) is 54.1 Å². The van der Waals surface area contributed by atoms with E-state index in [-0.39, 0.29) is 13.0 Å². The van der Waals surface area contributed by atoms with Gasteiger partial charge in [0, 0.05) is 12.1 Å². The Hall–Kier alpha value is -3.55. The van der Waals surface area contributed by atoms with Crippen LogP contribution in [0.2, 0.25) is 0 Å². The summed E-state index contributed by atoms with van der Waals surface area (Å²) in [6.07, 6.45) is 0.248. The van der Waals surface area contributed by atoms with E-state index in [0.29, 0.717) is 17.2 Å². The molecular weight excluding hydrogens is 374 g/mol. The second-order valence-electron chi connectivity index (χ2n) is 6.92. The Balaban J connectivity index is 1.68. The number of carbonyl (C=O) groups is 3. The van der Waals surface area contributed by atoms with Crippen molar-refractivity contribution in [3.63, 3.8) is 0 Å². The third-order valence-electron chi connectivity index (χ3n) is 4.76. The van der Waals surface area contributed by atoms with E-state index in [1.807, 2.05) is 18.2 Å². The molecule has 2 aromatic rings. The van der Waals surface area contributed by atoms with Gasteiger partial charge in [-0.3, -0.25) is 14.5 Å². The van der Waals surface area contributed by atoms with Crippen molar-refractivity contribution in [1.29, 1.82) is 0 Å². The van der Waals surface area contributed by atoms with Gasteiger partial charge in [-0.1, -0.05) is 18.2 Å². The minimum Gasteiger partial charge on any atom is -0.497 e. The summed E-state index contributed by atoms with van der Waals surface area (Å²) in [5.41, 5.74) is 0.168. The Morgan fingerprint density at radius 3 is 2.41 bits per heavy atom. The molecule has 0 spiro atoms. The van der Waals surface area contributed by atoms with Crippen molar-refractivity contribution in [1.82, 2.24) is 10.2 Å². The summed E-state index contributed by atoms with van der Waals surface area (Å²) in [5, 5.41) is 5.37. The number of methoxy groups -OCH3 is 2. The van der Waals surface area contributed by atoms with E-state index in [1.54, 1.807) is 51.5 Å². The van der Waals surface area contributed by atoms with Crippen molar-refractivity contribution in [2.24, 2.45) is 0 Å². The molecule has 1 heterocycles. The fourth-order valence-corrected chi connectivity index (χ4v) is 3.26. The van der Waals surface area contributed by atoms with Crippen LogP contribution < -0.4 is 20.1 Å². The molecule has 1 saturated heterocycles. The average Bonchev–Trinajstić information content (AvgIpc) is 2.92. The number of hydrogen-bond donors (Lipinski definition) is 2. The number of para-hydroxylation sites is 1. The summed E-state index contributed by atoms with van der Waals surface area (Å²) < 4.78 is 10.4. The van der Waals surface area contributed by atoms with Crippen LogP contribution in [0.15, 0.2) is 48.5 Å². The molecule has 2 aromatic carbocycles. The summed E-state index contributed by atoms with van der Waals surface area (Å²) in [6.45, 7) is 1.26. The monoisotopic (exact) mass is 397 g/mol. The van der Waals surface area contributed by atoms with Crippen LogP contribution >= 0.6 is 0 Å². The Morgan fingerprint density at radius 2 is 1.76 bits per heavy atom. The smallest absolute Gasteiger partial charge is 0.325 e. The number of carbonyl (C=O) groups excluding carboxylic acids is 3. The lowest BCUT2D eigenvalue weighted by Gasteiger charge is -2.22. The molecule has 0 unspecified atom stereocenters. The number of nitrogens with one attached hydrogen (secondary N) is 2. The molecule has 1 aliphatic heterocycles. The lowest BCUT2D eigenvalue weighted by molar-refractivity contribution is -0.133. The van der Waals surface area contributed by atoms with Gasteiger partial charge in [0.25, 0.3) is 5.91 Å². The summed E-state index contributed by atoms with van der Waals surface area (Å²) in [4.78, 5) is 38.6. The topological polar surface area (TPSA) is 97.0 Å². The summed E-state index contributed by atoms with van der Waals surface area (Å²) in [5.74, 6) is 0.356. The fraction of sp³-hybridized carbons (Fsp3) is 0.286. The summed E-state index contributed by atoms with van der Waals surface area (Å²) in [7, 11) is 3.10. The molecule has 0 saturated carbocycles. The number of ether oxygens (including phenoxy) is 2. The Kier molecular flexibility index (Phi) is 5.72. The molecule has 0 radical (unpaired) electrons. The van der Waals surface area contributed by atoms with Crippen molar-refractivity contribution in [2.45, 2.75) is 18.9 Å². The number of urea groups is 1. The molecule has 3 rings (SSSR count). The molecule has 8 nitrogen and oxygen atoms in total. The quantitative estimate of drug-likeness (QED) is 0.698. The van der Waals surface area contributed by atoms with Crippen LogP contribution in [0.25, 0.3) is 0 Å². The maximum Gasteiger partial charge on any atom is 0.325 e. The maximum absolute atomic E-state index is 12.9.